The summed E-state index contributed by atoms with van der Waals surface area (Å²) in [5.41, 5.74) is 2.45. The van der Waals surface area contributed by atoms with E-state index in [4.69, 9.17) is 0 Å². The molecule has 1 aromatic heterocycles. The standard InChI is InChI=1S/C21H21NOS2/c23-20(22-14-13-19-12-7-15-24-19)16-25-21(17-8-3-1-4-9-17)18-10-5-2-6-11-18/h1-12,15,21H,13-14,16H2,(H,22,23). The van der Waals surface area contributed by atoms with E-state index < -0.39 is 0 Å². The first-order chi connectivity index (χ1) is 12.3. The largest absolute Gasteiger partial charge is 0.355 e. The van der Waals surface area contributed by atoms with Crippen LogP contribution >= 0.6 is 23.1 Å². The van der Waals surface area contributed by atoms with Crippen LogP contribution in [0.2, 0.25) is 0 Å². The van der Waals surface area contributed by atoms with Gasteiger partial charge in [-0.2, -0.15) is 0 Å². The topological polar surface area (TPSA) is 29.1 Å². The molecule has 2 nitrogen and oxygen atoms in total. The van der Waals surface area contributed by atoms with Crippen LogP contribution in [0.15, 0.2) is 78.2 Å². The second-order valence-electron chi connectivity index (χ2n) is 5.69. The number of carbonyl (C=O) groups excluding carboxylic acids is 1. The molecule has 0 bridgehead atoms. The van der Waals surface area contributed by atoms with Gasteiger partial charge in [0.2, 0.25) is 5.91 Å². The quantitative estimate of drug-likeness (QED) is 0.612. The van der Waals surface area contributed by atoms with E-state index in [2.05, 4.69) is 41.0 Å². The third-order valence-corrected chi connectivity index (χ3v) is 6.10. The Kier molecular flexibility index (Phi) is 6.71. The second kappa shape index (κ2) is 9.44. The van der Waals surface area contributed by atoms with Gasteiger partial charge in [0.05, 0.1) is 11.0 Å². The molecule has 0 aliphatic rings. The molecule has 0 radical (unpaired) electrons. The van der Waals surface area contributed by atoms with Gasteiger partial charge in [0.1, 0.15) is 0 Å². The summed E-state index contributed by atoms with van der Waals surface area (Å²) < 4.78 is 0. The predicted octanol–water partition coefficient (Wildman–Crippen LogP) is 4.93. The molecule has 25 heavy (non-hydrogen) atoms. The lowest BCUT2D eigenvalue weighted by molar-refractivity contribution is -0.118. The molecule has 0 aliphatic heterocycles. The summed E-state index contributed by atoms with van der Waals surface area (Å²) in [6.07, 6.45) is 0.898. The Balaban J connectivity index is 1.56. The van der Waals surface area contributed by atoms with Crippen molar-refractivity contribution in [3.63, 3.8) is 0 Å². The maximum Gasteiger partial charge on any atom is 0.230 e. The number of benzene rings is 2. The molecule has 3 rings (SSSR count). The summed E-state index contributed by atoms with van der Waals surface area (Å²) in [5, 5.41) is 5.26. The molecule has 0 atom stereocenters. The number of amides is 1. The van der Waals surface area contributed by atoms with Crippen molar-refractivity contribution in [3.05, 3.63) is 94.2 Å². The zero-order valence-electron chi connectivity index (χ0n) is 13.9. The molecule has 0 spiro atoms. The smallest absolute Gasteiger partial charge is 0.230 e. The average Bonchev–Trinajstić information content (AvgIpc) is 3.17. The molecule has 0 aliphatic carbocycles. The molecule has 1 heterocycles. The number of nitrogens with one attached hydrogen (secondary N) is 1. The number of hydrogen-bond donors (Lipinski definition) is 1. The van der Waals surface area contributed by atoms with Gasteiger partial charge in [-0.3, -0.25) is 4.79 Å². The maximum atomic E-state index is 12.2. The van der Waals surface area contributed by atoms with Gasteiger partial charge in [0.25, 0.3) is 0 Å². The zero-order chi connectivity index (χ0) is 17.3. The van der Waals surface area contributed by atoms with Crippen molar-refractivity contribution in [2.24, 2.45) is 0 Å². The predicted molar refractivity (Wildman–Crippen MR) is 108 cm³/mol. The van der Waals surface area contributed by atoms with Crippen LogP contribution in [0.4, 0.5) is 0 Å². The minimum atomic E-state index is 0.0958. The lowest BCUT2D eigenvalue weighted by atomic mass is 10.0. The highest BCUT2D eigenvalue weighted by atomic mass is 32.2. The van der Waals surface area contributed by atoms with Crippen molar-refractivity contribution in [1.29, 1.82) is 0 Å². The molecule has 2 aromatic carbocycles. The van der Waals surface area contributed by atoms with Gasteiger partial charge >= 0.3 is 0 Å². The Bertz CT molecular complexity index is 718. The number of rotatable bonds is 8. The van der Waals surface area contributed by atoms with E-state index in [1.807, 2.05) is 42.5 Å². The maximum absolute atomic E-state index is 12.2. The summed E-state index contributed by atoms with van der Waals surface area (Å²) in [6.45, 7) is 0.696. The minimum Gasteiger partial charge on any atom is -0.355 e. The van der Waals surface area contributed by atoms with E-state index in [9.17, 15) is 4.79 Å². The molecule has 0 unspecified atom stereocenters. The van der Waals surface area contributed by atoms with E-state index in [1.165, 1.54) is 16.0 Å². The zero-order valence-corrected chi connectivity index (χ0v) is 15.6. The molecule has 0 saturated heterocycles. The Morgan fingerprint density at radius 2 is 1.56 bits per heavy atom. The molecule has 1 N–H and O–H groups in total. The Morgan fingerprint density at radius 3 is 2.12 bits per heavy atom. The fraction of sp³-hybridized carbons (Fsp3) is 0.190. The van der Waals surface area contributed by atoms with E-state index in [0.29, 0.717) is 12.3 Å². The lowest BCUT2D eigenvalue weighted by Crippen LogP contribution is -2.27. The summed E-state index contributed by atoms with van der Waals surface area (Å²) in [4.78, 5) is 13.5. The SMILES string of the molecule is O=C(CSC(c1ccccc1)c1ccccc1)NCCc1cccs1. The summed E-state index contributed by atoms with van der Waals surface area (Å²) in [7, 11) is 0. The van der Waals surface area contributed by atoms with Crippen LogP contribution in [0.3, 0.4) is 0 Å². The Labute approximate surface area is 157 Å². The van der Waals surface area contributed by atoms with Gasteiger partial charge in [-0.15, -0.1) is 23.1 Å². The summed E-state index contributed by atoms with van der Waals surface area (Å²) in [5.74, 6) is 0.553. The van der Waals surface area contributed by atoms with E-state index in [0.717, 1.165) is 6.42 Å². The molecular formula is C21H21NOS2. The average molecular weight is 368 g/mol. The fourth-order valence-electron chi connectivity index (χ4n) is 2.63. The van der Waals surface area contributed by atoms with Crippen molar-refractivity contribution in [3.8, 4) is 0 Å². The molecule has 128 valence electrons. The van der Waals surface area contributed by atoms with Gasteiger partial charge in [-0.25, -0.2) is 0 Å². The van der Waals surface area contributed by atoms with Gasteiger partial charge in [0, 0.05) is 11.4 Å². The van der Waals surface area contributed by atoms with Crippen molar-refractivity contribution < 1.29 is 4.79 Å². The van der Waals surface area contributed by atoms with Crippen LogP contribution in [0.25, 0.3) is 0 Å². The number of thioether (sulfide) groups is 1. The van der Waals surface area contributed by atoms with E-state index >= 15 is 0 Å². The normalized spacial score (nSPS) is 10.8. The second-order valence-corrected chi connectivity index (χ2v) is 7.82. The van der Waals surface area contributed by atoms with Gasteiger partial charge in [-0.1, -0.05) is 66.7 Å². The van der Waals surface area contributed by atoms with Crippen molar-refractivity contribution in [1.82, 2.24) is 5.32 Å². The van der Waals surface area contributed by atoms with Crippen molar-refractivity contribution in [2.75, 3.05) is 12.3 Å². The monoisotopic (exact) mass is 367 g/mol. The van der Waals surface area contributed by atoms with Crippen LogP contribution in [0, 0.1) is 0 Å². The first-order valence-corrected chi connectivity index (χ1v) is 10.3. The summed E-state index contributed by atoms with van der Waals surface area (Å²) >= 11 is 3.41. The Morgan fingerprint density at radius 1 is 0.920 bits per heavy atom. The third-order valence-electron chi connectivity index (χ3n) is 3.86. The molecule has 4 heteroatoms. The number of thiophene rings is 1. The highest BCUT2D eigenvalue weighted by molar-refractivity contribution is 8.00. The molecule has 1 amide bonds. The minimum absolute atomic E-state index is 0.0958. The lowest BCUT2D eigenvalue weighted by Gasteiger charge is -2.17. The molecule has 3 aromatic rings. The van der Waals surface area contributed by atoms with Crippen molar-refractivity contribution >= 4 is 29.0 Å². The van der Waals surface area contributed by atoms with Crippen LogP contribution in [0.5, 0.6) is 0 Å². The van der Waals surface area contributed by atoms with Crippen LogP contribution in [-0.4, -0.2) is 18.2 Å². The molecule has 0 fully saturated rings. The van der Waals surface area contributed by atoms with Gasteiger partial charge < -0.3 is 5.32 Å². The number of hydrogen-bond acceptors (Lipinski definition) is 3. The van der Waals surface area contributed by atoms with Crippen LogP contribution in [-0.2, 0) is 11.2 Å². The number of carbonyl (C=O) groups is 1. The van der Waals surface area contributed by atoms with Crippen LogP contribution in [0.1, 0.15) is 21.3 Å². The van der Waals surface area contributed by atoms with Gasteiger partial charge in [-0.05, 0) is 29.0 Å². The van der Waals surface area contributed by atoms with E-state index in [-0.39, 0.29) is 11.2 Å². The van der Waals surface area contributed by atoms with Crippen molar-refractivity contribution in [2.45, 2.75) is 11.7 Å². The van der Waals surface area contributed by atoms with Crippen LogP contribution < -0.4 is 5.32 Å². The molecule has 0 saturated carbocycles. The third kappa shape index (κ3) is 5.48. The van der Waals surface area contributed by atoms with E-state index in [1.54, 1.807) is 23.1 Å². The highest BCUT2D eigenvalue weighted by Gasteiger charge is 2.16. The highest BCUT2D eigenvalue weighted by Crippen LogP contribution is 2.35. The van der Waals surface area contributed by atoms with Gasteiger partial charge in [0.15, 0.2) is 0 Å². The fourth-order valence-corrected chi connectivity index (χ4v) is 4.46. The Hall–Kier alpha value is -2.04. The first kappa shape index (κ1) is 17.8. The molecular weight excluding hydrogens is 346 g/mol. The summed E-state index contributed by atoms with van der Waals surface area (Å²) in [6, 6.07) is 24.9. The first-order valence-electron chi connectivity index (χ1n) is 8.33.